The van der Waals surface area contributed by atoms with Gasteiger partial charge < -0.3 is 15.0 Å². The molecule has 1 amide bonds. The van der Waals surface area contributed by atoms with Crippen LogP contribution in [0, 0.1) is 0 Å². The van der Waals surface area contributed by atoms with Crippen LogP contribution in [0.3, 0.4) is 0 Å². The van der Waals surface area contributed by atoms with Crippen molar-refractivity contribution in [2.75, 3.05) is 41.7 Å². The van der Waals surface area contributed by atoms with E-state index in [-0.39, 0.29) is 11.4 Å². The highest BCUT2D eigenvalue weighted by molar-refractivity contribution is 7.98. The standard InChI is InChI=1S/C28H35N3O4S2/c1-5-30(6-2)23-10-8-22(9-11-23)20-29-28(32)21-31(24-12-14-25(15-13-24)35-7-3)37(33,34)27-18-16-26(36-4)17-19-27/h8-19H,5-7,20-21H2,1-4H3,(H,29,32). The van der Waals surface area contributed by atoms with Crippen molar-refractivity contribution in [1.82, 2.24) is 5.32 Å². The molecular formula is C28H35N3O4S2. The van der Waals surface area contributed by atoms with Gasteiger partial charge in [-0.3, -0.25) is 9.10 Å². The van der Waals surface area contributed by atoms with Crippen molar-refractivity contribution in [3.8, 4) is 5.75 Å². The number of amides is 1. The molecule has 7 nitrogen and oxygen atoms in total. The van der Waals surface area contributed by atoms with Crippen LogP contribution < -0.4 is 19.3 Å². The second-order valence-electron chi connectivity index (χ2n) is 8.23. The van der Waals surface area contributed by atoms with Gasteiger partial charge in [-0.1, -0.05) is 12.1 Å². The molecule has 3 rings (SSSR count). The summed E-state index contributed by atoms with van der Waals surface area (Å²) < 4.78 is 33.9. The minimum atomic E-state index is -3.99. The molecule has 198 valence electrons. The Hall–Kier alpha value is -3.17. The van der Waals surface area contributed by atoms with Crippen molar-refractivity contribution >= 4 is 39.1 Å². The highest BCUT2D eigenvalue weighted by atomic mass is 32.2. The Morgan fingerprint density at radius 2 is 1.46 bits per heavy atom. The van der Waals surface area contributed by atoms with Gasteiger partial charge in [0.25, 0.3) is 10.0 Å². The maximum absolute atomic E-state index is 13.6. The summed E-state index contributed by atoms with van der Waals surface area (Å²) in [5, 5.41) is 2.86. The highest BCUT2D eigenvalue weighted by Crippen LogP contribution is 2.27. The first-order valence-electron chi connectivity index (χ1n) is 12.3. The van der Waals surface area contributed by atoms with E-state index in [0.717, 1.165) is 33.5 Å². The zero-order chi connectivity index (χ0) is 26.8. The quantitative estimate of drug-likeness (QED) is 0.301. The number of anilines is 2. The van der Waals surface area contributed by atoms with Crippen molar-refractivity contribution in [2.24, 2.45) is 0 Å². The number of benzene rings is 3. The Kier molecular flexibility index (Phi) is 10.3. The summed E-state index contributed by atoms with van der Waals surface area (Å²) in [5.74, 6) is 0.233. The Morgan fingerprint density at radius 1 is 0.865 bits per heavy atom. The maximum atomic E-state index is 13.6. The number of sulfonamides is 1. The summed E-state index contributed by atoms with van der Waals surface area (Å²) in [6.45, 7) is 8.39. The van der Waals surface area contributed by atoms with Gasteiger partial charge >= 0.3 is 0 Å². The summed E-state index contributed by atoms with van der Waals surface area (Å²) >= 11 is 1.53. The molecule has 0 aliphatic rings. The molecule has 3 aromatic carbocycles. The molecule has 0 spiro atoms. The van der Waals surface area contributed by atoms with Crippen LogP contribution in [-0.2, 0) is 21.4 Å². The Balaban J connectivity index is 1.79. The lowest BCUT2D eigenvalue weighted by atomic mass is 10.2. The normalized spacial score (nSPS) is 11.1. The third kappa shape index (κ3) is 7.42. The lowest BCUT2D eigenvalue weighted by Gasteiger charge is -2.24. The number of carbonyl (C=O) groups excluding carboxylic acids is 1. The van der Waals surface area contributed by atoms with Crippen molar-refractivity contribution in [3.63, 3.8) is 0 Å². The SMILES string of the molecule is CCOc1ccc(N(CC(=O)NCc2ccc(N(CC)CC)cc2)S(=O)(=O)c2ccc(SC)cc2)cc1. The lowest BCUT2D eigenvalue weighted by Crippen LogP contribution is -2.40. The van der Waals surface area contributed by atoms with Crippen LogP contribution in [0.2, 0.25) is 0 Å². The maximum Gasteiger partial charge on any atom is 0.264 e. The molecule has 0 bridgehead atoms. The largest absolute Gasteiger partial charge is 0.494 e. The molecule has 0 atom stereocenters. The van der Waals surface area contributed by atoms with E-state index in [4.69, 9.17) is 4.74 Å². The number of nitrogens with zero attached hydrogens (tertiary/aromatic N) is 2. The summed E-state index contributed by atoms with van der Waals surface area (Å²) in [6, 6.07) is 21.4. The molecule has 37 heavy (non-hydrogen) atoms. The van der Waals surface area contributed by atoms with Crippen molar-refractivity contribution < 1.29 is 17.9 Å². The highest BCUT2D eigenvalue weighted by Gasteiger charge is 2.27. The molecule has 1 N–H and O–H groups in total. The zero-order valence-electron chi connectivity index (χ0n) is 21.8. The first-order chi connectivity index (χ1) is 17.8. The zero-order valence-corrected chi connectivity index (χ0v) is 23.4. The first-order valence-corrected chi connectivity index (χ1v) is 15.0. The Morgan fingerprint density at radius 3 is 2.00 bits per heavy atom. The van der Waals surface area contributed by atoms with Crippen LogP contribution in [0.25, 0.3) is 0 Å². The summed E-state index contributed by atoms with van der Waals surface area (Å²) in [5.41, 5.74) is 2.45. The second-order valence-corrected chi connectivity index (χ2v) is 11.0. The fraction of sp³-hybridized carbons (Fsp3) is 0.321. The summed E-state index contributed by atoms with van der Waals surface area (Å²) in [4.78, 5) is 16.3. The van der Waals surface area contributed by atoms with Gasteiger partial charge in [-0.2, -0.15) is 0 Å². The van der Waals surface area contributed by atoms with E-state index in [9.17, 15) is 13.2 Å². The number of carbonyl (C=O) groups is 1. The molecular weight excluding hydrogens is 506 g/mol. The first kappa shape index (κ1) is 28.4. The van der Waals surface area contributed by atoms with E-state index >= 15 is 0 Å². The van der Waals surface area contributed by atoms with Crippen LogP contribution >= 0.6 is 11.8 Å². The van der Waals surface area contributed by atoms with Gasteiger partial charge in [0.2, 0.25) is 5.91 Å². The van der Waals surface area contributed by atoms with E-state index in [1.165, 1.54) is 11.8 Å². The third-order valence-electron chi connectivity index (χ3n) is 5.92. The van der Waals surface area contributed by atoms with E-state index in [1.807, 2.05) is 37.4 Å². The number of nitrogens with one attached hydrogen (secondary N) is 1. The molecule has 0 aliphatic heterocycles. The number of rotatable bonds is 13. The van der Waals surface area contributed by atoms with Crippen LogP contribution in [0.15, 0.2) is 82.6 Å². The molecule has 0 unspecified atom stereocenters. The molecule has 0 heterocycles. The smallest absolute Gasteiger partial charge is 0.264 e. The van der Waals surface area contributed by atoms with E-state index in [1.54, 1.807) is 48.5 Å². The molecule has 0 saturated heterocycles. The second kappa shape index (κ2) is 13.4. The van der Waals surface area contributed by atoms with Crippen molar-refractivity contribution in [3.05, 3.63) is 78.4 Å². The van der Waals surface area contributed by atoms with E-state index < -0.39 is 15.9 Å². The fourth-order valence-electron chi connectivity index (χ4n) is 3.87. The fourth-order valence-corrected chi connectivity index (χ4v) is 5.69. The Labute approximate surface area is 224 Å². The molecule has 0 radical (unpaired) electrons. The lowest BCUT2D eigenvalue weighted by molar-refractivity contribution is -0.119. The van der Waals surface area contributed by atoms with Gasteiger partial charge in [-0.15, -0.1) is 11.8 Å². The minimum Gasteiger partial charge on any atom is -0.494 e. The van der Waals surface area contributed by atoms with E-state index in [0.29, 0.717) is 24.6 Å². The van der Waals surface area contributed by atoms with Gasteiger partial charge in [0, 0.05) is 30.2 Å². The molecule has 0 aliphatic carbocycles. The molecule has 3 aromatic rings. The third-order valence-corrected chi connectivity index (χ3v) is 8.46. The van der Waals surface area contributed by atoms with Crippen molar-refractivity contribution in [1.29, 1.82) is 0 Å². The topological polar surface area (TPSA) is 79.0 Å². The average molecular weight is 542 g/mol. The van der Waals surface area contributed by atoms with Crippen LogP contribution in [-0.4, -0.2) is 46.8 Å². The molecule has 0 fully saturated rings. The van der Waals surface area contributed by atoms with Gasteiger partial charge in [-0.05, 0) is 93.3 Å². The minimum absolute atomic E-state index is 0.124. The van der Waals surface area contributed by atoms with Gasteiger partial charge in [-0.25, -0.2) is 8.42 Å². The predicted molar refractivity (Wildman–Crippen MR) is 152 cm³/mol. The molecule has 0 saturated carbocycles. The predicted octanol–water partition coefficient (Wildman–Crippen LogP) is 5.17. The number of hydrogen-bond acceptors (Lipinski definition) is 6. The van der Waals surface area contributed by atoms with Gasteiger partial charge in [0.15, 0.2) is 0 Å². The number of hydrogen-bond donors (Lipinski definition) is 1. The molecule has 9 heteroatoms. The van der Waals surface area contributed by atoms with Crippen LogP contribution in [0.5, 0.6) is 5.75 Å². The summed E-state index contributed by atoms with van der Waals surface area (Å²) in [6.07, 6.45) is 1.93. The monoisotopic (exact) mass is 541 g/mol. The van der Waals surface area contributed by atoms with E-state index in [2.05, 4.69) is 24.1 Å². The van der Waals surface area contributed by atoms with Crippen molar-refractivity contribution in [2.45, 2.75) is 37.1 Å². The van der Waals surface area contributed by atoms with Gasteiger partial charge in [0.05, 0.1) is 17.2 Å². The summed E-state index contributed by atoms with van der Waals surface area (Å²) in [7, 11) is -3.99. The van der Waals surface area contributed by atoms with Crippen LogP contribution in [0.4, 0.5) is 11.4 Å². The van der Waals surface area contributed by atoms with Gasteiger partial charge in [0.1, 0.15) is 12.3 Å². The Bertz CT molecular complexity index is 1240. The van der Waals surface area contributed by atoms with Crippen LogP contribution in [0.1, 0.15) is 26.3 Å². The molecule has 0 aromatic heterocycles. The number of thioether (sulfide) groups is 1. The number of ether oxygens (including phenoxy) is 1. The average Bonchev–Trinajstić information content (AvgIpc) is 2.92.